The minimum Gasteiger partial charge on any atom is -0.359 e. The van der Waals surface area contributed by atoms with Crippen LogP contribution in [0.4, 0.5) is 0 Å². The number of nitrogens with zero attached hydrogens (tertiary/aromatic N) is 2. The van der Waals surface area contributed by atoms with Crippen LogP contribution in [-0.2, 0) is 14.6 Å². The summed E-state index contributed by atoms with van der Waals surface area (Å²) in [4.78, 5) is 8.85. The van der Waals surface area contributed by atoms with Gasteiger partial charge < -0.3 is 4.18 Å². The number of benzene rings is 2. The van der Waals surface area contributed by atoms with Gasteiger partial charge in [0.25, 0.3) is 0 Å². The van der Waals surface area contributed by atoms with Crippen LogP contribution in [0.15, 0.2) is 42.5 Å². The normalized spacial score (nSPS) is 11.9. The highest BCUT2D eigenvalue weighted by Gasteiger charge is 2.16. The topological polar surface area (TPSA) is 78.4 Å². The lowest BCUT2D eigenvalue weighted by Gasteiger charge is -2.08. The summed E-state index contributed by atoms with van der Waals surface area (Å²) in [6.07, 6.45) is 0. The van der Waals surface area contributed by atoms with Crippen LogP contribution in [0, 0.1) is 0 Å². The van der Waals surface area contributed by atoms with E-state index in [1.807, 2.05) is 18.2 Å². The standard InChI is InChI=1S/C14H12N2O4S/c1-2-19-21(17,18)20-13-9-5-8-12-14(13)16-11-7-4-3-6-10(11)15-12/h3-9H,2H2,1H3. The van der Waals surface area contributed by atoms with E-state index in [0.717, 1.165) is 5.52 Å². The second-order valence-corrected chi connectivity index (χ2v) is 5.45. The molecule has 3 rings (SSSR count). The first-order valence-corrected chi connectivity index (χ1v) is 7.67. The van der Waals surface area contributed by atoms with Crippen LogP contribution in [0.3, 0.4) is 0 Å². The van der Waals surface area contributed by atoms with E-state index in [2.05, 4.69) is 14.2 Å². The minimum atomic E-state index is -4.10. The zero-order valence-corrected chi connectivity index (χ0v) is 12.0. The Labute approximate surface area is 121 Å². The quantitative estimate of drug-likeness (QED) is 0.689. The third-order valence-electron chi connectivity index (χ3n) is 2.79. The van der Waals surface area contributed by atoms with Crippen LogP contribution < -0.4 is 4.18 Å². The zero-order chi connectivity index (χ0) is 14.9. The molecule has 1 heterocycles. The second-order valence-electron chi connectivity index (χ2n) is 4.23. The summed E-state index contributed by atoms with van der Waals surface area (Å²) in [7, 11) is -4.10. The van der Waals surface area contributed by atoms with E-state index < -0.39 is 10.4 Å². The third kappa shape index (κ3) is 2.79. The number of hydrogen-bond acceptors (Lipinski definition) is 6. The van der Waals surface area contributed by atoms with Crippen LogP contribution in [0.25, 0.3) is 22.1 Å². The van der Waals surface area contributed by atoms with Crippen molar-refractivity contribution < 1.29 is 16.8 Å². The molecule has 0 aliphatic carbocycles. The molecular weight excluding hydrogens is 292 g/mol. The summed E-state index contributed by atoms with van der Waals surface area (Å²) >= 11 is 0. The lowest BCUT2D eigenvalue weighted by Crippen LogP contribution is -2.13. The average Bonchev–Trinajstić information content (AvgIpc) is 2.45. The molecule has 0 amide bonds. The number of fused-ring (bicyclic) bond motifs is 2. The molecular formula is C14H12N2O4S. The summed E-state index contributed by atoms with van der Waals surface area (Å²) in [5, 5.41) is 0. The highest BCUT2D eigenvalue weighted by atomic mass is 32.3. The molecule has 21 heavy (non-hydrogen) atoms. The molecule has 0 unspecified atom stereocenters. The van der Waals surface area contributed by atoms with E-state index in [9.17, 15) is 8.42 Å². The van der Waals surface area contributed by atoms with Gasteiger partial charge in [-0.25, -0.2) is 14.2 Å². The maximum atomic E-state index is 11.6. The molecule has 6 nitrogen and oxygen atoms in total. The van der Waals surface area contributed by atoms with Crippen LogP contribution in [0.2, 0.25) is 0 Å². The van der Waals surface area contributed by atoms with Crippen molar-refractivity contribution in [3.63, 3.8) is 0 Å². The summed E-state index contributed by atoms with van der Waals surface area (Å²) < 4.78 is 32.8. The van der Waals surface area contributed by atoms with Crippen LogP contribution in [-0.4, -0.2) is 25.0 Å². The van der Waals surface area contributed by atoms with E-state index >= 15 is 0 Å². The van der Waals surface area contributed by atoms with Gasteiger partial charge in [-0.05, 0) is 31.2 Å². The summed E-state index contributed by atoms with van der Waals surface area (Å²) in [6, 6.07) is 12.3. The van der Waals surface area contributed by atoms with Gasteiger partial charge in [-0.1, -0.05) is 18.2 Å². The summed E-state index contributed by atoms with van der Waals surface area (Å²) in [5.74, 6) is 0.0965. The van der Waals surface area contributed by atoms with Gasteiger partial charge in [0, 0.05) is 0 Å². The molecule has 0 radical (unpaired) electrons. The molecule has 7 heteroatoms. The van der Waals surface area contributed by atoms with Crippen molar-refractivity contribution in [3.8, 4) is 5.75 Å². The largest absolute Gasteiger partial charge is 0.449 e. The smallest absolute Gasteiger partial charge is 0.359 e. The first-order valence-electron chi connectivity index (χ1n) is 6.33. The van der Waals surface area contributed by atoms with Crippen molar-refractivity contribution in [3.05, 3.63) is 42.5 Å². The van der Waals surface area contributed by atoms with E-state index in [-0.39, 0.29) is 12.4 Å². The van der Waals surface area contributed by atoms with Crippen molar-refractivity contribution >= 4 is 32.5 Å². The lowest BCUT2D eigenvalue weighted by molar-refractivity contribution is 0.288. The third-order valence-corrected chi connectivity index (χ3v) is 3.69. The molecule has 0 N–H and O–H groups in total. The van der Waals surface area contributed by atoms with Crippen molar-refractivity contribution in [2.24, 2.45) is 0 Å². The first-order chi connectivity index (χ1) is 10.1. The Balaban J connectivity index is 2.17. The summed E-state index contributed by atoms with van der Waals surface area (Å²) in [5.41, 5.74) is 2.32. The SMILES string of the molecule is CCOS(=O)(=O)Oc1cccc2nc3ccccc3nc12. The Morgan fingerprint density at radius 1 is 0.952 bits per heavy atom. The van der Waals surface area contributed by atoms with Crippen LogP contribution in [0.5, 0.6) is 5.75 Å². The van der Waals surface area contributed by atoms with Gasteiger partial charge in [0.2, 0.25) is 0 Å². The maximum Gasteiger partial charge on any atom is 0.449 e. The molecule has 1 aromatic heterocycles. The molecule has 0 bridgehead atoms. The Morgan fingerprint density at radius 2 is 1.62 bits per heavy atom. The molecule has 0 saturated heterocycles. The van der Waals surface area contributed by atoms with Crippen molar-refractivity contribution in [1.82, 2.24) is 9.97 Å². The molecule has 0 aliphatic rings. The molecule has 0 saturated carbocycles. The highest BCUT2D eigenvalue weighted by molar-refractivity contribution is 7.82. The van der Waals surface area contributed by atoms with E-state index in [1.54, 1.807) is 25.1 Å². The predicted molar refractivity (Wildman–Crippen MR) is 78.2 cm³/mol. The molecule has 0 aliphatic heterocycles. The molecule has 3 aromatic rings. The fourth-order valence-electron chi connectivity index (χ4n) is 1.96. The zero-order valence-electron chi connectivity index (χ0n) is 11.2. The first kappa shape index (κ1) is 13.7. The predicted octanol–water partition coefficient (Wildman–Crippen LogP) is 2.44. The van der Waals surface area contributed by atoms with Crippen molar-refractivity contribution in [2.75, 3.05) is 6.61 Å². The van der Waals surface area contributed by atoms with Crippen molar-refractivity contribution in [1.29, 1.82) is 0 Å². The summed E-state index contributed by atoms with van der Waals surface area (Å²) in [6.45, 7) is 1.57. The average molecular weight is 304 g/mol. The van der Waals surface area contributed by atoms with Gasteiger partial charge in [0.15, 0.2) is 5.75 Å². The molecule has 0 atom stereocenters. The minimum absolute atomic E-state index is 0.00170. The fraction of sp³-hybridized carbons (Fsp3) is 0.143. The molecule has 2 aromatic carbocycles. The Morgan fingerprint density at radius 3 is 2.33 bits per heavy atom. The lowest BCUT2D eigenvalue weighted by atomic mass is 10.2. The van der Waals surface area contributed by atoms with Crippen LogP contribution >= 0.6 is 0 Å². The number of rotatable bonds is 4. The van der Waals surface area contributed by atoms with Gasteiger partial charge in [-0.2, -0.15) is 8.42 Å². The Kier molecular flexibility index (Phi) is 3.44. The van der Waals surface area contributed by atoms with Crippen LogP contribution in [0.1, 0.15) is 6.92 Å². The van der Waals surface area contributed by atoms with Gasteiger partial charge in [-0.3, -0.25) is 0 Å². The molecule has 0 spiro atoms. The van der Waals surface area contributed by atoms with E-state index in [0.29, 0.717) is 16.6 Å². The van der Waals surface area contributed by atoms with Gasteiger partial charge >= 0.3 is 10.4 Å². The number of para-hydroxylation sites is 3. The van der Waals surface area contributed by atoms with E-state index in [1.165, 1.54) is 6.07 Å². The maximum absolute atomic E-state index is 11.6. The second kappa shape index (κ2) is 5.27. The Hall–Kier alpha value is -2.25. The Bertz CT molecular complexity index is 909. The monoisotopic (exact) mass is 304 g/mol. The highest BCUT2D eigenvalue weighted by Crippen LogP contribution is 2.26. The van der Waals surface area contributed by atoms with E-state index in [4.69, 9.17) is 4.18 Å². The number of hydrogen-bond donors (Lipinski definition) is 0. The fourth-order valence-corrected chi connectivity index (χ4v) is 2.65. The molecule has 108 valence electrons. The van der Waals surface area contributed by atoms with Gasteiger partial charge in [-0.15, -0.1) is 0 Å². The number of aromatic nitrogens is 2. The van der Waals surface area contributed by atoms with Gasteiger partial charge in [0.1, 0.15) is 5.52 Å². The molecule has 0 fully saturated rings. The van der Waals surface area contributed by atoms with Crippen molar-refractivity contribution in [2.45, 2.75) is 6.92 Å². The van der Waals surface area contributed by atoms with Gasteiger partial charge in [0.05, 0.1) is 23.2 Å².